The van der Waals surface area contributed by atoms with Crippen LogP contribution < -0.4 is 25.0 Å². The van der Waals surface area contributed by atoms with Crippen molar-refractivity contribution in [3.8, 4) is 22.8 Å². The quantitative estimate of drug-likeness (QED) is 0.600. The molecule has 33 heavy (non-hydrogen) atoms. The van der Waals surface area contributed by atoms with E-state index in [0.717, 1.165) is 36.1 Å². The van der Waals surface area contributed by atoms with Crippen molar-refractivity contribution in [3.63, 3.8) is 0 Å². The number of fused-ring (bicyclic) bond motifs is 1. The van der Waals surface area contributed by atoms with Gasteiger partial charge in [-0.3, -0.25) is 0 Å². The van der Waals surface area contributed by atoms with Crippen LogP contribution in [0.4, 0.5) is 22.0 Å². The summed E-state index contributed by atoms with van der Waals surface area (Å²) in [5.74, 6) is 3.00. The van der Waals surface area contributed by atoms with Gasteiger partial charge in [-0.05, 0) is 55.2 Å². The third kappa shape index (κ3) is 5.00. The minimum absolute atomic E-state index is 0.343. The highest BCUT2D eigenvalue weighted by molar-refractivity contribution is 6.00. The van der Waals surface area contributed by atoms with E-state index in [1.807, 2.05) is 36.4 Å². The van der Waals surface area contributed by atoms with Crippen LogP contribution in [0.1, 0.15) is 19.8 Å². The first-order chi connectivity index (χ1) is 16.1. The second kappa shape index (κ2) is 9.36. The molecule has 0 saturated carbocycles. The van der Waals surface area contributed by atoms with Gasteiger partial charge in [-0.15, -0.1) is 10.2 Å². The maximum atomic E-state index is 12.5. The molecule has 5 rings (SSSR count). The van der Waals surface area contributed by atoms with Gasteiger partial charge >= 0.3 is 6.03 Å². The van der Waals surface area contributed by atoms with Crippen molar-refractivity contribution in [2.75, 3.05) is 41.8 Å². The SMILES string of the molecule is CC1CCN(c2ccc(-c3cccc(NC(=O)Nc4ccc5c(c4)OCCO5)c3)nn2)CC1. The molecule has 1 fully saturated rings. The summed E-state index contributed by atoms with van der Waals surface area (Å²) in [6.45, 7) is 5.36. The van der Waals surface area contributed by atoms with Crippen LogP contribution in [-0.4, -0.2) is 42.5 Å². The van der Waals surface area contributed by atoms with Crippen LogP contribution in [0.3, 0.4) is 0 Å². The fourth-order valence-corrected chi connectivity index (χ4v) is 4.06. The second-order valence-corrected chi connectivity index (χ2v) is 8.46. The summed E-state index contributed by atoms with van der Waals surface area (Å²) in [7, 11) is 0. The molecule has 0 aliphatic carbocycles. The van der Waals surface area contributed by atoms with Crippen molar-refractivity contribution in [1.82, 2.24) is 10.2 Å². The van der Waals surface area contributed by atoms with Gasteiger partial charge in [-0.25, -0.2) is 4.79 Å². The Hall–Kier alpha value is -3.81. The zero-order valence-electron chi connectivity index (χ0n) is 18.6. The number of hydrogen-bond donors (Lipinski definition) is 2. The van der Waals surface area contributed by atoms with E-state index in [2.05, 4.69) is 32.7 Å². The van der Waals surface area contributed by atoms with E-state index in [1.165, 1.54) is 12.8 Å². The summed E-state index contributed by atoms with van der Waals surface area (Å²) in [5.41, 5.74) is 2.94. The van der Waals surface area contributed by atoms with Crippen molar-refractivity contribution >= 4 is 23.2 Å². The summed E-state index contributed by atoms with van der Waals surface area (Å²) in [4.78, 5) is 14.8. The molecular formula is C25H27N5O3. The van der Waals surface area contributed by atoms with Crippen LogP contribution in [0.5, 0.6) is 11.5 Å². The van der Waals surface area contributed by atoms with Gasteiger partial charge in [0.2, 0.25) is 0 Å². The molecule has 3 heterocycles. The molecule has 2 aromatic carbocycles. The molecule has 1 aromatic heterocycles. The number of piperidine rings is 1. The van der Waals surface area contributed by atoms with Gasteiger partial charge in [0.05, 0.1) is 5.69 Å². The monoisotopic (exact) mass is 445 g/mol. The summed E-state index contributed by atoms with van der Waals surface area (Å²) < 4.78 is 11.1. The number of amides is 2. The smallest absolute Gasteiger partial charge is 0.323 e. The number of hydrogen-bond acceptors (Lipinski definition) is 6. The molecule has 1 saturated heterocycles. The first-order valence-corrected chi connectivity index (χ1v) is 11.3. The Morgan fingerprint density at radius 1 is 0.909 bits per heavy atom. The molecule has 0 atom stereocenters. The van der Waals surface area contributed by atoms with Crippen molar-refractivity contribution in [3.05, 3.63) is 54.6 Å². The number of carbonyl (C=O) groups excluding carboxylic acids is 1. The fourth-order valence-electron chi connectivity index (χ4n) is 4.06. The van der Waals surface area contributed by atoms with E-state index in [9.17, 15) is 4.79 Å². The lowest BCUT2D eigenvalue weighted by Crippen LogP contribution is -2.33. The molecule has 2 N–H and O–H groups in total. The van der Waals surface area contributed by atoms with Gasteiger partial charge in [0.25, 0.3) is 0 Å². The van der Waals surface area contributed by atoms with Crippen molar-refractivity contribution < 1.29 is 14.3 Å². The molecule has 0 bridgehead atoms. The van der Waals surface area contributed by atoms with Gasteiger partial charge in [0.15, 0.2) is 17.3 Å². The largest absolute Gasteiger partial charge is 0.486 e. The highest BCUT2D eigenvalue weighted by Gasteiger charge is 2.17. The summed E-state index contributed by atoms with van der Waals surface area (Å²) in [5, 5.41) is 14.6. The molecule has 2 amide bonds. The van der Waals surface area contributed by atoms with Crippen molar-refractivity contribution in [1.29, 1.82) is 0 Å². The van der Waals surface area contributed by atoms with E-state index >= 15 is 0 Å². The molecular weight excluding hydrogens is 418 g/mol. The number of rotatable bonds is 4. The zero-order chi connectivity index (χ0) is 22.6. The van der Waals surface area contributed by atoms with Crippen LogP contribution in [-0.2, 0) is 0 Å². The predicted molar refractivity (Wildman–Crippen MR) is 128 cm³/mol. The molecule has 8 heteroatoms. The average Bonchev–Trinajstić information content (AvgIpc) is 2.85. The summed E-state index contributed by atoms with van der Waals surface area (Å²) >= 11 is 0. The number of benzene rings is 2. The van der Waals surface area contributed by atoms with Crippen LogP contribution in [0, 0.1) is 5.92 Å². The normalized spacial score (nSPS) is 15.7. The van der Waals surface area contributed by atoms with Gasteiger partial charge in [-0.1, -0.05) is 19.1 Å². The van der Waals surface area contributed by atoms with Gasteiger partial charge in [0, 0.05) is 36.1 Å². The molecule has 8 nitrogen and oxygen atoms in total. The second-order valence-electron chi connectivity index (χ2n) is 8.46. The molecule has 0 radical (unpaired) electrons. The highest BCUT2D eigenvalue weighted by Crippen LogP contribution is 2.32. The van der Waals surface area contributed by atoms with E-state index in [1.54, 1.807) is 18.2 Å². The van der Waals surface area contributed by atoms with Crippen LogP contribution in [0.2, 0.25) is 0 Å². The molecule has 0 unspecified atom stereocenters. The molecule has 3 aromatic rings. The van der Waals surface area contributed by atoms with E-state index in [4.69, 9.17) is 9.47 Å². The number of carbonyl (C=O) groups is 1. The zero-order valence-corrected chi connectivity index (χ0v) is 18.6. The summed E-state index contributed by atoms with van der Waals surface area (Å²) in [6, 6.07) is 16.5. The third-order valence-corrected chi connectivity index (χ3v) is 5.97. The molecule has 2 aliphatic heterocycles. The Labute approximate surface area is 192 Å². The third-order valence-electron chi connectivity index (χ3n) is 5.97. The number of urea groups is 1. The highest BCUT2D eigenvalue weighted by atomic mass is 16.6. The Morgan fingerprint density at radius 3 is 2.42 bits per heavy atom. The number of ether oxygens (including phenoxy) is 2. The Morgan fingerprint density at radius 2 is 1.67 bits per heavy atom. The Balaban J connectivity index is 1.23. The number of anilines is 3. The van der Waals surface area contributed by atoms with E-state index < -0.39 is 0 Å². The summed E-state index contributed by atoms with van der Waals surface area (Å²) in [6.07, 6.45) is 2.37. The predicted octanol–water partition coefficient (Wildman–Crippen LogP) is 4.80. The Kier molecular flexibility index (Phi) is 5.97. The van der Waals surface area contributed by atoms with Crippen molar-refractivity contribution in [2.45, 2.75) is 19.8 Å². The number of nitrogens with zero attached hydrogens (tertiary/aromatic N) is 3. The minimum Gasteiger partial charge on any atom is -0.486 e. The lowest BCUT2D eigenvalue weighted by Gasteiger charge is -2.30. The lowest BCUT2D eigenvalue weighted by atomic mass is 9.99. The molecule has 170 valence electrons. The van der Waals surface area contributed by atoms with Crippen LogP contribution >= 0.6 is 0 Å². The van der Waals surface area contributed by atoms with Gasteiger partial charge in [0.1, 0.15) is 13.2 Å². The van der Waals surface area contributed by atoms with Crippen LogP contribution in [0.15, 0.2) is 54.6 Å². The maximum absolute atomic E-state index is 12.5. The van der Waals surface area contributed by atoms with E-state index in [0.29, 0.717) is 36.1 Å². The number of nitrogens with one attached hydrogen (secondary N) is 2. The standard InChI is InChI=1S/C25H27N5O3/c1-17-9-11-30(12-10-17)24-8-6-21(28-29-24)18-3-2-4-19(15-18)26-25(31)27-20-5-7-22-23(16-20)33-14-13-32-22/h2-8,15-17H,9-14H2,1H3,(H2,26,27,31). The topological polar surface area (TPSA) is 88.6 Å². The van der Waals surface area contributed by atoms with Crippen LogP contribution in [0.25, 0.3) is 11.3 Å². The molecule has 2 aliphatic rings. The average molecular weight is 446 g/mol. The lowest BCUT2D eigenvalue weighted by molar-refractivity contribution is 0.171. The Bertz CT molecular complexity index is 1130. The van der Waals surface area contributed by atoms with Gasteiger partial charge in [-0.2, -0.15) is 0 Å². The van der Waals surface area contributed by atoms with Crippen molar-refractivity contribution in [2.24, 2.45) is 5.92 Å². The maximum Gasteiger partial charge on any atom is 0.323 e. The number of aromatic nitrogens is 2. The molecule has 0 spiro atoms. The fraction of sp³-hybridized carbons (Fsp3) is 0.320. The van der Waals surface area contributed by atoms with Gasteiger partial charge < -0.3 is 25.0 Å². The van der Waals surface area contributed by atoms with E-state index in [-0.39, 0.29) is 6.03 Å². The first kappa shape index (κ1) is 21.1. The first-order valence-electron chi connectivity index (χ1n) is 11.3. The minimum atomic E-state index is -0.343.